The quantitative estimate of drug-likeness (QED) is 0.279. The number of amides is 1. The van der Waals surface area contributed by atoms with Crippen LogP contribution < -0.4 is 5.32 Å². The minimum Gasteiger partial charge on any atom is -0.301 e. The van der Waals surface area contributed by atoms with Gasteiger partial charge in [0.1, 0.15) is 0 Å². The molecule has 0 fully saturated rings. The maximum atomic E-state index is 12.2. The number of nitrogens with one attached hydrogen (secondary N) is 1. The van der Waals surface area contributed by atoms with Crippen molar-refractivity contribution in [2.45, 2.75) is 43.9 Å². The summed E-state index contributed by atoms with van der Waals surface area (Å²) in [5.41, 5.74) is 1.50. The van der Waals surface area contributed by atoms with Crippen LogP contribution in [0.3, 0.4) is 0 Å². The van der Waals surface area contributed by atoms with Crippen LogP contribution in [0.1, 0.15) is 48.5 Å². The van der Waals surface area contributed by atoms with E-state index in [0.717, 1.165) is 24.8 Å². The van der Waals surface area contributed by atoms with Gasteiger partial charge in [0.05, 0.1) is 5.75 Å². The van der Waals surface area contributed by atoms with E-state index in [0.29, 0.717) is 26.5 Å². The Bertz CT molecular complexity index is 749. The second-order valence-electron chi connectivity index (χ2n) is 5.55. The Labute approximate surface area is 160 Å². The molecule has 0 aliphatic heterocycles. The highest BCUT2D eigenvalue weighted by Gasteiger charge is 2.12. The largest absolute Gasteiger partial charge is 0.301 e. The number of hydrogen-bond donors (Lipinski definition) is 1. The third kappa shape index (κ3) is 6.41. The third-order valence-electron chi connectivity index (χ3n) is 3.47. The average molecular weight is 398 g/mol. The first kappa shape index (κ1) is 19.9. The molecule has 25 heavy (non-hydrogen) atoms. The van der Waals surface area contributed by atoms with Gasteiger partial charge in [0, 0.05) is 17.0 Å². The average Bonchev–Trinajstić information content (AvgIpc) is 3.02. The van der Waals surface area contributed by atoms with Crippen LogP contribution >= 0.6 is 34.7 Å². The van der Waals surface area contributed by atoms with Crippen molar-refractivity contribution >= 4 is 51.5 Å². The van der Waals surface area contributed by atoms with Crippen molar-refractivity contribution in [1.82, 2.24) is 10.2 Å². The van der Waals surface area contributed by atoms with Crippen molar-refractivity contribution in [2.24, 2.45) is 0 Å². The summed E-state index contributed by atoms with van der Waals surface area (Å²) < 4.78 is 0.655. The summed E-state index contributed by atoms with van der Waals surface area (Å²) in [4.78, 5) is 24.0. The monoisotopic (exact) mass is 397 g/mol. The number of unbranched alkanes of at least 4 members (excludes halogenated alkanes) is 2. The smallest absolute Gasteiger partial charge is 0.226 e. The number of ketones is 1. The summed E-state index contributed by atoms with van der Waals surface area (Å²) in [6.07, 6.45) is 3.48. The van der Waals surface area contributed by atoms with E-state index in [-0.39, 0.29) is 17.4 Å². The summed E-state index contributed by atoms with van der Waals surface area (Å²) in [6.45, 7) is 3.96. The van der Waals surface area contributed by atoms with E-state index in [2.05, 4.69) is 22.4 Å². The third-order valence-corrected chi connectivity index (χ3v) is 5.86. The van der Waals surface area contributed by atoms with Crippen LogP contribution in [0.5, 0.6) is 0 Å². The highest BCUT2D eigenvalue weighted by Crippen LogP contribution is 2.26. The van der Waals surface area contributed by atoms with Gasteiger partial charge in [0.15, 0.2) is 10.1 Å². The molecule has 1 amide bonds. The fourth-order valence-corrected chi connectivity index (χ4v) is 3.84. The van der Waals surface area contributed by atoms with Gasteiger partial charge in [0.25, 0.3) is 0 Å². The highest BCUT2D eigenvalue weighted by molar-refractivity contribution is 8.01. The van der Waals surface area contributed by atoms with Crippen molar-refractivity contribution in [3.8, 4) is 0 Å². The Morgan fingerprint density at radius 1 is 1.28 bits per heavy atom. The van der Waals surface area contributed by atoms with Crippen LogP contribution in [0.25, 0.3) is 0 Å². The lowest BCUT2D eigenvalue weighted by Crippen LogP contribution is -2.10. The SMILES string of the molecule is CCCCCC(=O)Nc1nnc(SCC(=O)c2ccc(Cl)c(C)c2)s1. The molecule has 0 aliphatic rings. The molecule has 0 saturated heterocycles. The van der Waals surface area contributed by atoms with E-state index in [1.165, 1.54) is 23.1 Å². The molecule has 2 rings (SSSR count). The van der Waals surface area contributed by atoms with Crippen LogP contribution in [0.4, 0.5) is 5.13 Å². The molecule has 1 aromatic heterocycles. The predicted octanol–water partition coefficient (Wildman–Crippen LogP) is 4.99. The highest BCUT2D eigenvalue weighted by atomic mass is 35.5. The Morgan fingerprint density at radius 2 is 2.08 bits per heavy atom. The molecule has 2 aromatic rings. The van der Waals surface area contributed by atoms with Crippen molar-refractivity contribution in [3.63, 3.8) is 0 Å². The lowest BCUT2D eigenvalue weighted by atomic mass is 10.1. The van der Waals surface area contributed by atoms with Crippen LogP contribution in [-0.4, -0.2) is 27.6 Å². The molecule has 0 aliphatic carbocycles. The van der Waals surface area contributed by atoms with Gasteiger partial charge in [-0.3, -0.25) is 9.59 Å². The maximum absolute atomic E-state index is 12.2. The van der Waals surface area contributed by atoms with Gasteiger partial charge in [-0.1, -0.05) is 54.5 Å². The topological polar surface area (TPSA) is 72.0 Å². The number of hydrogen-bond acceptors (Lipinski definition) is 6. The molecule has 1 heterocycles. The van der Waals surface area contributed by atoms with Gasteiger partial charge >= 0.3 is 0 Å². The number of Topliss-reactive ketones (excluding diaryl/α,β-unsaturated/α-hetero) is 1. The number of thioether (sulfide) groups is 1. The Kier molecular flexibility index (Phi) is 7.87. The minimum absolute atomic E-state index is 0.00474. The molecule has 0 spiro atoms. The Hall–Kier alpha value is -1.44. The van der Waals surface area contributed by atoms with E-state index < -0.39 is 0 Å². The van der Waals surface area contributed by atoms with Crippen molar-refractivity contribution in [1.29, 1.82) is 0 Å². The number of halogens is 1. The van der Waals surface area contributed by atoms with Crippen LogP contribution in [0.2, 0.25) is 5.02 Å². The summed E-state index contributed by atoms with van der Waals surface area (Å²) in [6, 6.07) is 5.24. The van der Waals surface area contributed by atoms with Gasteiger partial charge in [-0.25, -0.2) is 0 Å². The zero-order valence-electron chi connectivity index (χ0n) is 14.2. The molecule has 0 unspecified atom stereocenters. The summed E-state index contributed by atoms with van der Waals surface area (Å²) in [5.74, 6) is 0.221. The van der Waals surface area contributed by atoms with E-state index >= 15 is 0 Å². The van der Waals surface area contributed by atoms with E-state index in [1.807, 2.05) is 6.92 Å². The number of aryl methyl sites for hydroxylation is 1. The number of aromatic nitrogens is 2. The lowest BCUT2D eigenvalue weighted by Gasteiger charge is -2.02. The van der Waals surface area contributed by atoms with E-state index in [1.54, 1.807) is 18.2 Å². The first-order chi connectivity index (χ1) is 12.0. The van der Waals surface area contributed by atoms with Crippen molar-refractivity contribution in [3.05, 3.63) is 34.3 Å². The summed E-state index contributed by atoms with van der Waals surface area (Å²) in [7, 11) is 0. The van der Waals surface area contributed by atoms with Gasteiger partial charge in [-0.05, 0) is 37.1 Å². The number of nitrogens with zero attached hydrogens (tertiary/aromatic N) is 2. The van der Waals surface area contributed by atoms with Crippen molar-refractivity contribution in [2.75, 3.05) is 11.1 Å². The molecule has 0 bridgehead atoms. The molecule has 8 heteroatoms. The second-order valence-corrected chi connectivity index (χ2v) is 8.16. The van der Waals surface area contributed by atoms with Gasteiger partial charge in [-0.15, -0.1) is 10.2 Å². The molecule has 1 aromatic carbocycles. The molecular weight excluding hydrogens is 378 g/mol. The molecule has 134 valence electrons. The van der Waals surface area contributed by atoms with Crippen LogP contribution in [0, 0.1) is 6.92 Å². The first-order valence-corrected chi connectivity index (χ1v) is 10.2. The predicted molar refractivity (Wildman–Crippen MR) is 104 cm³/mol. The zero-order valence-corrected chi connectivity index (χ0v) is 16.6. The van der Waals surface area contributed by atoms with E-state index in [4.69, 9.17) is 11.6 Å². The normalized spacial score (nSPS) is 10.7. The van der Waals surface area contributed by atoms with Crippen LogP contribution in [0.15, 0.2) is 22.5 Å². The first-order valence-electron chi connectivity index (χ1n) is 8.05. The lowest BCUT2D eigenvalue weighted by molar-refractivity contribution is -0.116. The Balaban J connectivity index is 1.83. The number of anilines is 1. The standard InChI is InChI=1S/C17H20ClN3O2S2/c1-3-4-5-6-15(23)19-16-20-21-17(25-16)24-10-14(22)12-7-8-13(18)11(2)9-12/h7-9H,3-6,10H2,1-2H3,(H,19,20,23). The second kappa shape index (κ2) is 9.89. The maximum Gasteiger partial charge on any atom is 0.226 e. The molecule has 0 atom stereocenters. The van der Waals surface area contributed by atoms with Gasteiger partial charge < -0.3 is 5.32 Å². The zero-order chi connectivity index (χ0) is 18.2. The van der Waals surface area contributed by atoms with E-state index in [9.17, 15) is 9.59 Å². The molecule has 5 nitrogen and oxygen atoms in total. The van der Waals surface area contributed by atoms with Crippen molar-refractivity contribution < 1.29 is 9.59 Å². The number of carbonyl (C=O) groups excluding carboxylic acids is 2. The van der Waals surface area contributed by atoms with Gasteiger partial charge in [0.2, 0.25) is 11.0 Å². The number of carbonyl (C=O) groups is 2. The fraction of sp³-hybridized carbons (Fsp3) is 0.412. The molecular formula is C17H20ClN3O2S2. The number of rotatable bonds is 9. The summed E-state index contributed by atoms with van der Waals surface area (Å²) >= 11 is 8.57. The summed E-state index contributed by atoms with van der Waals surface area (Å²) in [5, 5.41) is 11.8. The Morgan fingerprint density at radius 3 is 2.80 bits per heavy atom. The fourth-order valence-electron chi connectivity index (χ4n) is 2.06. The molecule has 1 N–H and O–H groups in total. The minimum atomic E-state index is -0.0473. The molecule has 0 radical (unpaired) electrons. The number of benzene rings is 1. The molecule has 0 saturated carbocycles. The van der Waals surface area contributed by atoms with Gasteiger partial charge in [-0.2, -0.15) is 0 Å². The van der Waals surface area contributed by atoms with Crippen LogP contribution in [-0.2, 0) is 4.79 Å².